The molecule has 1 amide bonds. The van der Waals surface area contributed by atoms with E-state index in [1.54, 1.807) is 0 Å². The summed E-state index contributed by atoms with van der Waals surface area (Å²) >= 11 is 1.99. The van der Waals surface area contributed by atoms with Crippen molar-refractivity contribution in [1.82, 2.24) is 5.32 Å². The van der Waals surface area contributed by atoms with Crippen molar-refractivity contribution in [3.8, 4) is 0 Å². The van der Waals surface area contributed by atoms with Crippen molar-refractivity contribution >= 4 is 32.3 Å². The normalized spacial score (nSPS) is 34.5. The van der Waals surface area contributed by atoms with Crippen LogP contribution in [0.1, 0.15) is 188 Å². The lowest BCUT2D eigenvalue weighted by molar-refractivity contribution is -0.128. The van der Waals surface area contributed by atoms with Crippen LogP contribution in [0.25, 0.3) is 0 Å². The third kappa shape index (κ3) is 10.3. The molecule has 264 valence electrons. The summed E-state index contributed by atoms with van der Waals surface area (Å²) in [5.74, 6) is 5.22. The predicted octanol–water partition coefficient (Wildman–Crippen LogP) is 12.5. The van der Waals surface area contributed by atoms with Crippen LogP contribution in [-0.2, 0) is 9.59 Å². The number of nitrogens with one attached hydrogen (secondary N) is 1. The molecule has 0 aliphatic heterocycles. The topological polar surface area (TPSA) is 46.2 Å². The smallest absolute Gasteiger partial charge is 0.220 e. The Morgan fingerprint density at radius 2 is 1.39 bits per heavy atom. The molecule has 1 N–H and O–H groups in total. The fourth-order valence-electron chi connectivity index (χ4n) is 11.6. The molecule has 0 spiro atoms. The van der Waals surface area contributed by atoms with Crippen LogP contribution in [0.4, 0.5) is 0 Å². The van der Waals surface area contributed by atoms with Crippen LogP contribution >= 0.6 is 22.6 Å². The van der Waals surface area contributed by atoms with Gasteiger partial charge >= 0.3 is 0 Å². The van der Waals surface area contributed by atoms with Gasteiger partial charge < -0.3 is 5.32 Å². The molecule has 4 fully saturated rings. The summed E-state index contributed by atoms with van der Waals surface area (Å²) in [6, 6.07) is 0.399. The number of rotatable bonds is 20. The molecule has 0 heterocycles. The summed E-state index contributed by atoms with van der Waals surface area (Å²) in [7, 11) is 0. The number of carbonyl (C=O) groups is 2. The monoisotopic (exact) mass is 749 g/mol. The fourth-order valence-corrected chi connectivity index (χ4v) is 11.9. The van der Waals surface area contributed by atoms with Crippen molar-refractivity contribution in [2.75, 3.05) is 0 Å². The van der Waals surface area contributed by atoms with Gasteiger partial charge in [0, 0.05) is 18.9 Å². The van der Waals surface area contributed by atoms with Gasteiger partial charge in [-0.2, -0.15) is 0 Å². The van der Waals surface area contributed by atoms with Gasteiger partial charge in [0.05, 0.1) is 0 Å². The highest BCUT2D eigenvalue weighted by Crippen LogP contribution is 2.68. The first-order chi connectivity index (χ1) is 22.2. The molecule has 4 saturated carbocycles. The number of fused-ring (bicyclic) bond motifs is 5. The molecule has 4 heteroatoms. The lowest BCUT2D eigenvalue weighted by Crippen LogP contribution is -2.55. The summed E-state index contributed by atoms with van der Waals surface area (Å²) in [6.07, 6.45) is 36.3. The van der Waals surface area contributed by atoms with Crippen LogP contribution < -0.4 is 5.32 Å². The second-order valence-corrected chi connectivity index (χ2v) is 18.3. The van der Waals surface area contributed by atoms with E-state index in [0.29, 0.717) is 38.9 Å². The van der Waals surface area contributed by atoms with Gasteiger partial charge in [-0.1, -0.05) is 91.2 Å². The Morgan fingerprint density at radius 1 is 0.761 bits per heavy atom. The summed E-state index contributed by atoms with van der Waals surface area (Å²) in [5, 5.41) is 3.50. The van der Waals surface area contributed by atoms with Crippen LogP contribution in [0.2, 0.25) is 0 Å². The Bertz CT molecular complexity index is 963. The van der Waals surface area contributed by atoms with Gasteiger partial charge in [-0.25, -0.2) is 0 Å². The Hall–Kier alpha value is -0.390. The molecule has 0 aromatic rings. The number of allylic oxidation sites excluding steroid dienone is 2. The van der Waals surface area contributed by atoms with E-state index >= 15 is 0 Å². The van der Waals surface area contributed by atoms with E-state index in [1.165, 1.54) is 135 Å². The predicted molar refractivity (Wildman–Crippen MR) is 204 cm³/mol. The van der Waals surface area contributed by atoms with E-state index in [9.17, 15) is 9.59 Å². The van der Waals surface area contributed by atoms with Gasteiger partial charge in [-0.05, 0) is 165 Å². The first kappa shape index (κ1) is 38.4. The summed E-state index contributed by atoms with van der Waals surface area (Å²) in [5.41, 5.74) is 0.944. The van der Waals surface area contributed by atoms with E-state index in [-0.39, 0.29) is 0 Å². The van der Waals surface area contributed by atoms with E-state index in [4.69, 9.17) is 0 Å². The Balaban J connectivity index is 1.10. The van der Waals surface area contributed by atoms with Gasteiger partial charge in [0.1, 0.15) is 0 Å². The summed E-state index contributed by atoms with van der Waals surface area (Å²) in [6.45, 7) is 10.0. The number of halogens is 1. The number of hydrogen-bond donors (Lipinski definition) is 1. The van der Waals surface area contributed by atoms with Crippen molar-refractivity contribution in [1.29, 1.82) is 0 Å². The highest BCUT2D eigenvalue weighted by Gasteiger charge is 2.60. The molecule has 0 bridgehead atoms. The Labute approximate surface area is 298 Å². The average molecular weight is 750 g/mol. The Morgan fingerprint density at radius 3 is 2.09 bits per heavy atom. The molecule has 4 unspecified atom stereocenters. The average Bonchev–Trinajstić information content (AvgIpc) is 3.39. The maximum atomic E-state index is 12.9. The summed E-state index contributed by atoms with van der Waals surface area (Å²) in [4.78, 5) is 24.6. The van der Waals surface area contributed by atoms with Gasteiger partial charge in [0.25, 0.3) is 0 Å². The molecule has 0 aromatic heterocycles. The van der Waals surface area contributed by atoms with Crippen LogP contribution in [-0.4, -0.2) is 15.7 Å². The lowest BCUT2D eigenvalue weighted by atomic mass is 9.44. The minimum absolute atomic E-state index is 0.309. The van der Waals surface area contributed by atoms with E-state index in [2.05, 4.69) is 45.2 Å². The number of hydrogen-bond acceptors (Lipinski definition) is 2. The van der Waals surface area contributed by atoms with E-state index < -0.39 is 0 Å². The first-order valence-corrected chi connectivity index (χ1v) is 21.4. The van der Waals surface area contributed by atoms with Gasteiger partial charge in [-0.15, -0.1) is 0 Å². The maximum Gasteiger partial charge on any atom is 0.220 e. The van der Waals surface area contributed by atoms with Gasteiger partial charge in [0.15, 0.2) is 3.79 Å². The van der Waals surface area contributed by atoms with Crippen LogP contribution in [0.5, 0.6) is 0 Å². The van der Waals surface area contributed by atoms with Crippen molar-refractivity contribution in [3.05, 3.63) is 12.2 Å². The minimum atomic E-state index is 0.309. The standard InChI is InChI=1S/C42H72INO2/c1-5-6-7-8-9-10-11-12-13-14-15-16-17-18-19-20-40(46)44-34-27-29-41(3)33(31-34)22-23-35-37-25-24-36(32(2)21-26-39(43)45)42(37,4)30-28-38(35)41/h12-13,32-38H,5-11,14-31H2,1-4H3,(H,44,46)/b13-12-/t32-,33?,34+,35?,36-,37?,38?,41+,42-/m1/s1. The number of amides is 1. The van der Waals surface area contributed by atoms with Crippen LogP contribution in [0.3, 0.4) is 0 Å². The zero-order valence-corrected chi connectivity index (χ0v) is 32.7. The molecular formula is C42H72INO2. The molecule has 4 aliphatic carbocycles. The van der Waals surface area contributed by atoms with Gasteiger partial charge in [-0.3, -0.25) is 9.59 Å². The summed E-state index contributed by atoms with van der Waals surface area (Å²) < 4.78 is 0.328. The highest BCUT2D eigenvalue weighted by molar-refractivity contribution is 14.1. The Kier molecular flexibility index (Phi) is 16.0. The van der Waals surface area contributed by atoms with Crippen molar-refractivity contribution < 1.29 is 9.59 Å². The van der Waals surface area contributed by atoms with Crippen LogP contribution in [0, 0.1) is 46.3 Å². The van der Waals surface area contributed by atoms with Crippen molar-refractivity contribution in [2.24, 2.45) is 46.3 Å². The second kappa shape index (κ2) is 19.1. The van der Waals surface area contributed by atoms with Crippen LogP contribution in [0.15, 0.2) is 12.2 Å². The van der Waals surface area contributed by atoms with Gasteiger partial charge in [0.2, 0.25) is 5.91 Å². The second-order valence-electron chi connectivity index (χ2n) is 17.1. The fraction of sp³-hybridized carbons (Fsp3) is 0.905. The molecule has 0 aromatic carbocycles. The molecule has 0 radical (unpaired) electrons. The third-order valence-corrected chi connectivity index (χ3v) is 14.8. The quantitative estimate of drug-likeness (QED) is 0.0583. The third-order valence-electron chi connectivity index (χ3n) is 14.3. The maximum absolute atomic E-state index is 12.9. The lowest BCUT2D eigenvalue weighted by Gasteiger charge is -2.61. The highest BCUT2D eigenvalue weighted by atomic mass is 127. The molecule has 4 aliphatic rings. The molecule has 0 saturated heterocycles. The molecule has 4 rings (SSSR count). The van der Waals surface area contributed by atoms with Crippen molar-refractivity contribution in [2.45, 2.75) is 194 Å². The van der Waals surface area contributed by atoms with Crippen molar-refractivity contribution in [3.63, 3.8) is 0 Å². The number of unbranched alkanes of at least 4 members (excludes halogenated alkanes) is 11. The largest absolute Gasteiger partial charge is 0.353 e. The SMILES string of the molecule is CCCCCCCC/C=C\CCCCCCCC(=O)N[C@H]1CC[C@@]2(C)C(CCC3C2CC[C@@]2(C)C3CC[C@@H]2[C@H](C)CCC(=O)I)C1. The zero-order chi connectivity index (χ0) is 33.0. The first-order valence-electron chi connectivity index (χ1n) is 20.3. The molecular weight excluding hydrogens is 677 g/mol. The zero-order valence-electron chi connectivity index (χ0n) is 30.6. The number of carbonyl (C=O) groups excluding carboxylic acids is 2. The minimum Gasteiger partial charge on any atom is -0.353 e. The van der Waals surface area contributed by atoms with E-state index in [1.807, 2.05) is 22.6 Å². The molecule has 3 nitrogen and oxygen atoms in total. The van der Waals surface area contributed by atoms with E-state index in [0.717, 1.165) is 48.9 Å². The molecule has 46 heavy (non-hydrogen) atoms. The molecule has 9 atom stereocenters.